The van der Waals surface area contributed by atoms with E-state index in [0.29, 0.717) is 30.7 Å². The van der Waals surface area contributed by atoms with Crippen LogP contribution in [-0.4, -0.2) is 43.5 Å². The van der Waals surface area contributed by atoms with Gasteiger partial charge in [-0.1, -0.05) is 0 Å². The second-order valence-corrected chi connectivity index (χ2v) is 4.65. The third kappa shape index (κ3) is 3.34. The zero-order chi connectivity index (χ0) is 14.7. The van der Waals surface area contributed by atoms with Crippen LogP contribution in [0.5, 0.6) is 0 Å². The Balaban J connectivity index is 0.00000220. The third-order valence-electron chi connectivity index (χ3n) is 3.22. The summed E-state index contributed by atoms with van der Waals surface area (Å²) in [5, 5.41) is 11.7. The molecule has 0 radical (unpaired) electrons. The molecular weight excluding hydrogens is 298 g/mol. The number of hydrogen-bond donors (Lipinski definition) is 2. The van der Waals surface area contributed by atoms with Gasteiger partial charge >= 0.3 is 5.69 Å². The molecule has 0 fully saturated rings. The van der Waals surface area contributed by atoms with Crippen molar-refractivity contribution in [3.63, 3.8) is 0 Å². The SMILES string of the molecule is Cl.Cn1cnc2c1c(=O)n(CCNCCCO)c(=O)n2C. The van der Waals surface area contributed by atoms with E-state index in [1.165, 1.54) is 15.5 Å². The predicted molar refractivity (Wildman–Crippen MR) is 82.0 cm³/mol. The summed E-state index contributed by atoms with van der Waals surface area (Å²) < 4.78 is 4.20. The average Bonchev–Trinajstić information content (AvgIpc) is 2.81. The fraction of sp³-hybridized carbons (Fsp3) is 0.583. The Hall–Kier alpha value is -1.64. The number of imidazole rings is 1. The van der Waals surface area contributed by atoms with Gasteiger partial charge in [0.25, 0.3) is 5.56 Å². The van der Waals surface area contributed by atoms with Crippen LogP contribution in [0.2, 0.25) is 0 Å². The first-order valence-electron chi connectivity index (χ1n) is 6.50. The van der Waals surface area contributed by atoms with E-state index in [1.54, 1.807) is 18.7 Å². The minimum absolute atomic E-state index is 0. The van der Waals surface area contributed by atoms with Gasteiger partial charge in [-0.2, -0.15) is 0 Å². The number of halogens is 1. The van der Waals surface area contributed by atoms with E-state index < -0.39 is 0 Å². The number of nitrogens with zero attached hydrogens (tertiary/aromatic N) is 4. The number of aromatic nitrogens is 4. The van der Waals surface area contributed by atoms with Gasteiger partial charge in [-0.3, -0.25) is 13.9 Å². The number of hydrogen-bond acceptors (Lipinski definition) is 5. The second-order valence-electron chi connectivity index (χ2n) is 4.65. The Kier molecular flexibility index (Phi) is 6.13. The van der Waals surface area contributed by atoms with Crippen LogP contribution in [0.1, 0.15) is 6.42 Å². The molecule has 0 bridgehead atoms. The van der Waals surface area contributed by atoms with Gasteiger partial charge in [0.15, 0.2) is 11.2 Å². The van der Waals surface area contributed by atoms with Crippen molar-refractivity contribution < 1.29 is 5.11 Å². The molecule has 0 aliphatic heterocycles. The molecule has 21 heavy (non-hydrogen) atoms. The molecule has 0 aliphatic rings. The van der Waals surface area contributed by atoms with Crippen molar-refractivity contribution in [2.24, 2.45) is 14.1 Å². The van der Waals surface area contributed by atoms with Crippen molar-refractivity contribution in [3.8, 4) is 0 Å². The highest BCUT2D eigenvalue weighted by Gasteiger charge is 2.14. The maximum absolute atomic E-state index is 12.3. The topological polar surface area (TPSA) is 94.1 Å². The van der Waals surface area contributed by atoms with Crippen LogP contribution in [0.4, 0.5) is 0 Å². The fourth-order valence-corrected chi connectivity index (χ4v) is 2.11. The van der Waals surface area contributed by atoms with Gasteiger partial charge in [-0.25, -0.2) is 9.78 Å². The standard InChI is InChI=1S/C12H19N5O3.ClH/c1-15-8-14-10-9(15)11(19)17(12(20)16(10)2)6-5-13-4-3-7-18;/h8,13,18H,3-7H2,1-2H3;1H. The van der Waals surface area contributed by atoms with Crippen molar-refractivity contribution >= 4 is 23.6 Å². The normalized spacial score (nSPS) is 10.8. The van der Waals surface area contributed by atoms with Gasteiger partial charge in [0, 0.05) is 33.8 Å². The van der Waals surface area contributed by atoms with Gasteiger partial charge in [-0.15, -0.1) is 12.4 Å². The van der Waals surface area contributed by atoms with Crippen LogP contribution in [0.15, 0.2) is 15.9 Å². The lowest BCUT2D eigenvalue weighted by atomic mass is 10.4. The molecule has 2 N–H and O–H groups in total. The largest absolute Gasteiger partial charge is 0.396 e. The Morgan fingerprint density at radius 2 is 2.00 bits per heavy atom. The summed E-state index contributed by atoms with van der Waals surface area (Å²) in [5.74, 6) is 0. The van der Waals surface area contributed by atoms with Gasteiger partial charge < -0.3 is 15.0 Å². The molecule has 2 heterocycles. The molecule has 0 unspecified atom stereocenters. The zero-order valence-corrected chi connectivity index (χ0v) is 12.9. The maximum Gasteiger partial charge on any atom is 0.332 e. The summed E-state index contributed by atoms with van der Waals surface area (Å²) in [6.45, 7) is 1.56. The van der Waals surface area contributed by atoms with E-state index in [9.17, 15) is 9.59 Å². The maximum atomic E-state index is 12.3. The first kappa shape index (κ1) is 17.4. The van der Waals surface area contributed by atoms with Crippen LogP contribution < -0.4 is 16.6 Å². The lowest BCUT2D eigenvalue weighted by Crippen LogP contribution is -2.41. The minimum atomic E-state index is -0.370. The van der Waals surface area contributed by atoms with Crippen LogP contribution in [-0.2, 0) is 20.6 Å². The van der Waals surface area contributed by atoms with E-state index in [1.807, 2.05) is 0 Å². The zero-order valence-electron chi connectivity index (χ0n) is 12.1. The molecule has 0 saturated heterocycles. The number of fused-ring (bicyclic) bond motifs is 1. The Labute approximate surface area is 127 Å². The number of aliphatic hydroxyl groups excluding tert-OH is 1. The fourth-order valence-electron chi connectivity index (χ4n) is 2.11. The van der Waals surface area contributed by atoms with Gasteiger partial charge in [0.1, 0.15) is 0 Å². The third-order valence-corrected chi connectivity index (χ3v) is 3.22. The first-order valence-corrected chi connectivity index (χ1v) is 6.50. The van der Waals surface area contributed by atoms with E-state index in [4.69, 9.17) is 5.11 Å². The van der Waals surface area contributed by atoms with Crippen LogP contribution in [0.3, 0.4) is 0 Å². The molecule has 0 amide bonds. The van der Waals surface area contributed by atoms with E-state index in [2.05, 4.69) is 10.3 Å². The highest BCUT2D eigenvalue weighted by atomic mass is 35.5. The minimum Gasteiger partial charge on any atom is -0.396 e. The predicted octanol–water partition coefficient (Wildman–Crippen LogP) is -1.17. The lowest BCUT2D eigenvalue weighted by molar-refractivity contribution is 0.285. The molecule has 8 nitrogen and oxygen atoms in total. The number of rotatable bonds is 6. The van der Waals surface area contributed by atoms with E-state index in [0.717, 1.165) is 0 Å². The molecule has 0 atom stereocenters. The summed E-state index contributed by atoms with van der Waals surface area (Å²) in [7, 11) is 3.33. The van der Waals surface area contributed by atoms with Crippen LogP contribution >= 0.6 is 12.4 Å². The van der Waals surface area contributed by atoms with Crippen LogP contribution in [0.25, 0.3) is 11.2 Å². The highest BCUT2D eigenvalue weighted by Crippen LogP contribution is 2.02. The first-order chi connectivity index (χ1) is 9.57. The van der Waals surface area contributed by atoms with Crippen molar-refractivity contribution in [1.82, 2.24) is 24.0 Å². The Bertz CT molecular complexity index is 718. The van der Waals surface area contributed by atoms with E-state index >= 15 is 0 Å². The molecule has 0 aliphatic carbocycles. The molecule has 118 valence electrons. The van der Waals surface area contributed by atoms with Gasteiger partial charge in [0.2, 0.25) is 0 Å². The quantitative estimate of drug-likeness (QED) is 0.655. The molecule has 2 aromatic rings. The van der Waals surface area contributed by atoms with Crippen molar-refractivity contribution in [2.45, 2.75) is 13.0 Å². The molecular formula is C12H20ClN5O3. The molecule has 2 rings (SSSR count). The summed E-state index contributed by atoms with van der Waals surface area (Å²) in [6.07, 6.45) is 2.17. The molecule has 9 heteroatoms. The summed E-state index contributed by atoms with van der Waals surface area (Å²) in [4.78, 5) is 28.5. The molecule has 0 aromatic carbocycles. The van der Waals surface area contributed by atoms with Gasteiger partial charge in [-0.05, 0) is 13.0 Å². The van der Waals surface area contributed by atoms with E-state index in [-0.39, 0.29) is 36.8 Å². The summed E-state index contributed by atoms with van der Waals surface area (Å²) in [5.41, 5.74) is 0.117. The highest BCUT2D eigenvalue weighted by molar-refractivity contribution is 5.85. The molecule has 0 spiro atoms. The smallest absolute Gasteiger partial charge is 0.332 e. The summed E-state index contributed by atoms with van der Waals surface area (Å²) >= 11 is 0. The summed E-state index contributed by atoms with van der Waals surface area (Å²) in [6, 6.07) is 0. The average molecular weight is 318 g/mol. The second kappa shape index (κ2) is 7.39. The lowest BCUT2D eigenvalue weighted by Gasteiger charge is -2.09. The van der Waals surface area contributed by atoms with Crippen LogP contribution in [0, 0.1) is 0 Å². The Morgan fingerprint density at radius 1 is 1.29 bits per heavy atom. The number of aliphatic hydroxyl groups is 1. The van der Waals surface area contributed by atoms with Crippen molar-refractivity contribution in [2.75, 3.05) is 19.7 Å². The number of aryl methyl sites for hydroxylation is 2. The molecule has 2 aromatic heterocycles. The Morgan fingerprint density at radius 3 is 2.67 bits per heavy atom. The molecule has 0 saturated carbocycles. The monoisotopic (exact) mass is 317 g/mol. The number of nitrogens with one attached hydrogen (secondary N) is 1. The van der Waals surface area contributed by atoms with Crippen molar-refractivity contribution in [1.29, 1.82) is 0 Å². The van der Waals surface area contributed by atoms with Crippen molar-refractivity contribution in [3.05, 3.63) is 27.2 Å². The van der Waals surface area contributed by atoms with Gasteiger partial charge in [0.05, 0.1) is 6.33 Å².